The van der Waals surface area contributed by atoms with Gasteiger partial charge in [-0.3, -0.25) is 14.4 Å². The average Bonchev–Trinajstić information content (AvgIpc) is 3.26. The molecule has 0 radical (unpaired) electrons. The highest BCUT2D eigenvalue weighted by molar-refractivity contribution is 6.20. The number of hydrogen-bond acceptors (Lipinski definition) is 5. The third-order valence-corrected chi connectivity index (χ3v) is 3.79. The molecule has 7 heteroatoms. The second kappa shape index (κ2) is 4.94. The summed E-state index contributed by atoms with van der Waals surface area (Å²) in [4.78, 5) is 54.2. The quantitative estimate of drug-likeness (QED) is 0.758. The van der Waals surface area contributed by atoms with Gasteiger partial charge < -0.3 is 9.74 Å². The molecule has 22 heavy (non-hydrogen) atoms. The van der Waals surface area contributed by atoms with Crippen LogP contribution in [0.2, 0.25) is 0 Å². The maximum Gasteiger partial charge on any atom is 0.337 e. The van der Waals surface area contributed by atoms with E-state index in [4.69, 9.17) is 4.84 Å². The fourth-order valence-electron chi connectivity index (χ4n) is 2.47. The van der Waals surface area contributed by atoms with Crippen molar-refractivity contribution >= 4 is 23.7 Å². The molecule has 1 saturated carbocycles. The van der Waals surface area contributed by atoms with Gasteiger partial charge in [0.05, 0.1) is 23.0 Å². The van der Waals surface area contributed by atoms with E-state index in [0.29, 0.717) is 11.5 Å². The lowest BCUT2D eigenvalue weighted by atomic mass is 10.1. The SMILES string of the molecule is CN(C)C(=O)[C@@H]1C[C@@H]1C(=O)ON1C(=O)c2ccccc2C1=O. The van der Waals surface area contributed by atoms with Gasteiger partial charge in [0.25, 0.3) is 11.8 Å². The molecule has 2 aliphatic rings. The molecule has 1 aliphatic carbocycles. The van der Waals surface area contributed by atoms with Gasteiger partial charge >= 0.3 is 5.97 Å². The molecule has 0 N–H and O–H groups in total. The van der Waals surface area contributed by atoms with Gasteiger partial charge in [-0.1, -0.05) is 17.2 Å². The van der Waals surface area contributed by atoms with Gasteiger partial charge in [-0.2, -0.15) is 0 Å². The number of carbonyl (C=O) groups excluding carboxylic acids is 4. The largest absolute Gasteiger partial charge is 0.349 e. The molecule has 0 unspecified atom stereocenters. The fraction of sp³-hybridized carbons (Fsp3) is 0.333. The highest BCUT2D eigenvalue weighted by Crippen LogP contribution is 2.41. The average molecular weight is 302 g/mol. The maximum absolute atomic E-state index is 12.1. The van der Waals surface area contributed by atoms with Crippen molar-refractivity contribution < 1.29 is 24.0 Å². The van der Waals surface area contributed by atoms with Crippen LogP contribution < -0.4 is 0 Å². The van der Waals surface area contributed by atoms with Gasteiger partial charge in [-0.15, -0.1) is 0 Å². The van der Waals surface area contributed by atoms with Crippen LogP contribution >= 0.6 is 0 Å². The molecular weight excluding hydrogens is 288 g/mol. The Morgan fingerprint density at radius 2 is 1.64 bits per heavy atom. The molecule has 2 atom stereocenters. The minimum Gasteiger partial charge on any atom is -0.349 e. The molecule has 1 aromatic rings. The number of fused-ring (bicyclic) bond motifs is 1. The van der Waals surface area contributed by atoms with Crippen molar-refractivity contribution in [3.8, 4) is 0 Å². The molecule has 0 spiro atoms. The number of imide groups is 1. The Bertz CT molecular complexity index is 662. The van der Waals surface area contributed by atoms with Crippen molar-refractivity contribution in [2.45, 2.75) is 6.42 Å². The molecule has 1 fully saturated rings. The predicted octanol–water partition coefficient (Wildman–Crippen LogP) is 0.465. The summed E-state index contributed by atoms with van der Waals surface area (Å²) in [5.74, 6) is -3.24. The van der Waals surface area contributed by atoms with Crippen molar-refractivity contribution in [3.05, 3.63) is 35.4 Å². The van der Waals surface area contributed by atoms with E-state index < -0.39 is 29.6 Å². The second-order valence-corrected chi connectivity index (χ2v) is 5.54. The number of hydroxylamine groups is 2. The monoisotopic (exact) mass is 302 g/mol. The Morgan fingerprint density at radius 3 is 2.14 bits per heavy atom. The van der Waals surface area contributed by atoms with Crippen LogP contribution in [-0.2, 0) is 14.4 Å². The van der Waals surface area contributed by atoms with Gasteiger partial charge in [-0.25, -0.2) is 4.79 Å². The van der Waals surface area contributed by atoms with E-state index in [1.807, 2.05) is 0 Å². The van der Waals surface area contributed by atoms with Crippen molar-refractivity contribution in [2.75, 3.05) is 14.1 Å². The number of hydrogen-bond donors (Lipinski definition) is 0. The Kier molecular flexibility index (Phi) is 3.20. The van der Waals surface area contributed by atoms with E-state index in [1.165, 1.54) is 17.0 Å². The van der Waals surface area contributed by atoms with Crippen LogP contribution in [0.1, 0.15) is 27.1 Å². The van der Waals surface area contributed by atoms with Crippen LogP contribution in [0.3, 0.4) is 0 Å². The van der Waals surface area contributed by atoms with Gasteiger partial charge in [0, 0.05) is 14.1 Å². The molecule has 7 nitrogen and oxygen atoms in total. The second-order valence-electron chi connectivity index (χ2n) is 5.54. The Hall–Kier alpha value is -2.70. The smallest absolute Gasteiger partial charge is 0.337 e. The number of nitrogens with zero attached hydrogens (tertiary/aromatic N) is 2. The molecule has 114 valence electrons. The Labute approximate surface area is 126 Å². The third kappa shape index (κ3) is 2.14. The van der Waals surface area contributed by atoms with Crippen molar-refractivity contribution in [3.63, 3.8) is 0 Å². The van der Waals surface area contributed by atoms with E-state index in [1.54, 1.807) is 26.2 Å². The maximum atomic E-state index is 12.1. The van der Waals surface area contributed by atoms with Crippen molar-refractivity contribution in [2.24, 2.45) is 11.8 Å². The number of rotatable bonds is 3. The molecule has 3 rings (SSSR count). The molecule has 0 bridgehead atoms. The zero-order valence-corrected chi connectivity index (χ0v) is 12.1. The van der Waals surface area contributed by atoms with Gasteiger partial charge in [0.2, 0.25) is 5.91 Å². The molecule has 0 saturated heterocycles. The van der Waals surface area contributed by atoms with Crippen LogP contribution in [0.25, 0.3) is 0 Å². The summed E-state index contributed by atoms with van der Waals surface area (Å²) < 4.78 is 0. The summed E-state index contributed by atoms with van der Waals surface area (Å²) >= 11 is 0. The summed E-state index contributed by atoms with van der Waals surface area (Å²) in [7, 11) is 3.21. The molecular formula is C15H14N2O5. The van der Waals surface area contributed by atoms with Crippen molar-refractivity contribution in [1.29, 1.82) is 0 Å². The zero-order valence-electron chi connectivity index (χ0n) is 12.1. The first-order chi connectivity index (χ1) is 10.4. The number of benzene rings is 1. The van der Waals surface area contributed by atoms with Gasteiger partial charge in [0.1, 0.15) is 0 Å². The number of amides is 3. The third-order valence-electron chi connectivity index (χ3n) is 3.79. The highest BCUT2D eigenvalue weighted by atomic mass is 16.7. The van der Waals surface area contributed by atoms with Gasteiger partial charge in [-0.05, 0) is 18.6 Å². The van der Waals surface area contributed by atoms with E-state index in [2.05, 4.69) is 0 Å². The summed E-state index contributed by atoms with van der Waals surface area (Å²) in [5.41, 5.74) is 0.411. The fourth-order valence-corrected chi connectivity index (χ4v) is 2.47. The lowest BCUT2D eigenvalue weighted by Gasteiger charge is -2.13. The van der Waals surface area contributed by atoms with E-state index in [9.17, 15) is 19.2 Å². The van der Waals surface area contributed by atoms with E-state index in [-0.39, 0.29) is 17.0 Å². The highest BCUT2D eigenvalue weighted by Gasteiger charge is 2.52. The molecule has 3 amide bonds. The molecule has 0 aromatic heterocycles. The Balaban J connectivity index is 1.69. The first-order valence-electron chi connectivity index (χ1n) is 6.82. The van der Waals surface area contributed by atoms with Crippen LogP contribution in [0, 0.1) is 11.8 Å². The first kappa shape index (κ1) is 14.2. The minimum absolute atomic E-state index is 0.163. The summed E-state index contributed by atoms with van der Waals surface area (Å²) in [6, 6.07) is 6.25. The van der Waals surface area contributed by atoms with E-state index in [0.717, 1.165) is 0 Å². The summed E-state index contributed by atoms with van der Waals surface area (Å²) in [6.07, 6.45) is 0.374. The van der Waals surface area contributed by atoms with Crippen LogP contribution in [0.5, 0.6) is 0 Å². The summed E-state index contributed by atoms with van der Waals surface area (Å²) in [5, 5.41) is 0.475. The van der Waals surface area contributed by atoms with Crippen LogP contribution in [0.15, 0.2) is 24.3 Å². The summed E-state index contributed by atoms with van der Waals surface area (Å²) in [6.45, 7) is 0. The van der Waals surface area contributed by atoms with Crippen LogP contribution in [0.4, 0.5) is 0 Å². The van der Waals surface area contributed by atoms with Crippen LogP contribution in [-0.4, -0.2) is 47.7 Å². The minimum atomic E-state index is -0.727. The van der Waals surface area contributed by atoms with Crippen molar-refractivity contribution in [1.82, 2.24) is 9.96 Å². The van der Waals surface area contributed by atoms with E-state index >= 15 is 0 Å². The lowest BCUT2D eigenvalue weighted by Crippen LogP contribution is -2.34. The normalized spacial score (nSPS) is 22.4. The first-order valence-corrected chi connectivity index (χ1v) is 6.82. The topological polar surface area (TPSA) is 84.0 Å². The lowest BCUT2D eigenvalue weighted by molar-refractivity contribution is -0.171. The molecule has 1 aliphatic heterocycles. The molecule has 1 aromatic carbocycles. The van der Waals surface area contributed by atoms with Gasteiger partial charge in [0.15, 0.2) is 0 Å². The molecule has 1 heterocycles. The number of carbonyl (C=O) groups is 4. The zero-order chi connectivity index (χ0) is 16.0. The Morgan fingerprint density at radius 1 is 1.09 bits per heavy atom. The standard InChI is InChI=1S/C15H14N2O5/c1-16(2)12(18)10-7-11(10)15(21)22-17-13(19)8-5-3-4-6-9(8)14(17)20/h3-6,10-11H,7H2,1-2H3/t10-,11+/m1/s1. The predicted molar refractivity (Wildman–Crippen MR) is 73.3 cm³/mol.